The van der Waals surface area contributed by atoms with Crippen LogP contribution in [0, 0.1) is 0 Å². The number of carboxylic acid groups (broad SMARTS) is 1. The molecular weight excluding hydrogens is 371 g/mol. The number of hydrogen-bond donors (Lipinski definition) is 1. The number of carbonyl (C=O) groups excluding carboxylic acids is 2. The van der Waals surface area contributed by atoms with Gasteiger partial charge in [0, 0.05) is 17.8 Å². The van der Waals surface area contributed by atoms with Crippen LogP contribution >= 0.6 is 11.8 Å². The average Bonchev–Trinajstić information content (AvgIpc) is 2.60. The second kappa shape index (κ2) is 10.8. The summed E-state index contributed by atoms with van der Waals surface area (Å²) >= 11 is 1.01. The number of hydrogen-bond acceptors (Lipinski definition) is 7. The Morgan fingerprint density at radius 3 is 2.64 bits per heavy atom. The third-order valence-electron chi connectivity index (χ3n) is 3.01. The molecule has 0 saturated heterocycles. The number of carboxylic acids is 1. The third kappa shape index (κ3) is 6.28. The number of ether oxygens (including phenoxy) is 2. The number of aromatic carboxylic acids is 1. The van der Waals surface area contributed by atoms with E-state index < -0.39 is 5.97 Å². The van der Waals surface area contributed by atoms with Gasteiger partial charge < -0.3 is 24.7 Å². The normalized spacial score (nSPS) is 9.68. The maximum absolute atomic E-state index is 12.1. The second-order valence-electron chi connectivity index (χ2n) is 4.55. The van der Waals surface area contributed by atoms with Crippen molar-refractivity contribution in [2.75, 3.05) is 25.3 Å². The van der Waals surface area contributed by atoms with Crippen molar-refractivity contribution in [3.8, 4) is 11.5 Å². The first-order chi connectivity index (χ1) is 11.5. The molecule has 1 amide bonds. The fraction of sp³-hybridized carbons (Fsp3) is 0.188. The summed E-state index contributed by atoms with van der Waals surface area (Å²) in [6.07, 6.45) is 1.46. The predicted molar refractivity (Wildman–Crippen MR) is 87.5 cm³/mol. The molecule has 2 rings (SSSR count). The number of nitrogens with zero attached hydrogens (tertiary/aromatic N) is 1. The predicted octanol–water partition coefficient (Wildman–Crippen LogP) is -1.80. The number of carbonyl (C=O) groups is 2. The van der Waals surface area contributed by atoms with Crippen LogP contribution in [0.15, 0.2) is 41.6 Å². The number of pyridine rings is 1. The van der Waals surface area contributed by atoms with Crippen molar-refractivity contribution in [3.05, 3.63) is 42.1 Å². The van der Waals surface area contributed by atoms with Crippen LogP contribution in [0.2, 0.25) is 0 Å². The third-order valence-corrected chi connectivity index (χ3v) is 4.02. The minimum absolute atomic E-state index is 0. The molecule has 0 aliphatic heterocycles. The second-order valence-corrected chi connectivity index (χ2v) is 5.51. The van der Waals surface area contributed by atoms with Crippen molar-refractivity contribution in [1.29, 1.82) is 0 Å². The van der Waals surface area contributed by atoms with E-state index in [1.165, 1.54) is 32.5 Å². The van der Waals surface area contributed by atoms with Crippen LogP contribution < -0.4 is 71.3 Å². The number of methoxy groups -OCH3 is 2. The molecule has 0 radical (unpaired) electrons. The van der Waals surface area contributed by atoms with Gasteiger partial charge in [-0.15, -0.1) is 0 Å². The van der Waals surface area contributed by atoms with E-state index in [1.54, 1.807) is 18.2 Å². The zero-order valence-corrected chi connectivity index (χ0v) is 18.0. The van der Waals surface area contributed by atoms with E-state index >= 15 is 0 Å². The van der Waals surface area contributed by atoms with Gasteiger partial charge in [0.1, 0.15) is 16.5 Å². The van der Waals surface area contributed by atoms with E-state index in [9.17, 15) is 14.7 Å². The van der Waals surface area contributed by atoms with E-state index in [1.807, 2.05) is 0 Å². The Balaban J connectivity index is 0.00000312. The molecule has 0 unspecified atom stereocenters. The molecule has 0 bridgehead atoms. The van der Waals surface area contributed by atoms with Crippen LogP contribution in [0.25, 0.3) is 0 Å². The van der Waals surface area contributed by atoms with Gasteiger partial charge in [-0.1, -0.05) is 11.8 Å². The fourth-order valence-corrected chi connectivity index (χ4v) is 2.68. The average molecular weight is 386 g/mol. The van der Waals surface area contributed by atoms with E-state index in [0.717, 1.165) is 11.8 Å². The zero-order chi connectivity index (χ0) is 17.5. The SMILES string of the molecule is COc1ccc(OC)c(NC(=O)CSc2ncccc2C(=O)[O-])c1.[K+]. The first-order valence-corrected chi connectivity index (χ1v) is 7.84. The molecule has 9 heteroatoms. The molecule has 0 saturated carbocycles. The van der Waals surface area contributed by atoms with Crippen LogP contribution in [0.3, 0.4) is 0 Å². The monoisotopic (exact) mass is 386 g/mol. The van der Waals surface area contributed by atoms with Gasteiger partial charge in [-0.2, -0.15) is 0 Å². The van der Waals surface area contributed by atoms with Gasteiger partial charge in [-0.25, -0.2) is 4.98 Å². The van der Waals surface area contributed by atoms with Crippen LogP contribution in [-0.4, -0.2) is 36.8 Å². The summed E-state index contributed by atoms with van der Waals surface area (Å²) in [5, 5.41) is 13.9. The van der Waals surface area contributed by atoms with Crippen LogP contribution in [-0.2, 0) is 4.79 Å². The molecular formula is C16H15KN2O5S. The van der Waals surface area contributed by atoms with Gasteiger partial charge in [0.25, 0.3) is 0 Å². The van der Waals surface area contributed by atoms with Crippen molar-refractivity contribution in [2.24, 2.45) is 0 Å². The summed E-state index contributed by atoms with van der Waals surface area (Å²) in [7, 11) is 3.01. The van der Waals surface area contributed by atoms with Crippen molar-refractivity contribution in [1.82, 2.24) is 4.98 Å². The van der Waals surface area contributed by atoms with Crippen LogP contribution in [0.5, 0.6) is 11.5 Å². The Kier molecular flexibility index (Phi) is 9.47. The molecule has 0 aliphatic rings. The van der Waals surface area contributed by atoms with Gasteiger partial charge in [-0.3, -0.25) is 4.79 Å². The molecule has 2 aromatic rings. The number of thioether (sulfide) groups is 1. The smallest absolute Gasteiger partial charge is 0.545 e. The van der Waals surface area contributed by atoms with Crippen molar-refractivity contribution >= 4 is 29.3 Å². The molecule has 0 spiro atoms. The van der Waals surface area contributed by atoms with Gasteiger partial charge in [0.2, 0.25) is 5.91 Å². The number of anilines is 1. The van der Waals surface area contributed by atoms with Crippen molar-refractivity contribution < 1.29 is 75.6 Å². The largest absolute Gasteiger partial charge is 1.00 e. The molecule has 0 aliphatic carbocycles. The summed E-state index contributed by atoms with van der Waals surface area (Å²) in [6, 6.07) is 7.90. The molecule has 7 nitrogen and oxygen atoms in total. The number of benzene rings is 1. The number of rotatable bonds is 7. The summed E-state index contributed by atoms with van der Waals surface area (Å²) in [4.78, 5) is 27.1. The first-order valence-electron chi connectivity index (χ1n) is 6.86. The summed E-state index contributed by atoms with van der Waals surface area (Å²) in [5.74, 6) is -0.621. The zero-order valence-electron chi connectivity index (χ0n) is 14.1. The Morgan fingerprint density at radius 2 is 2.00 bits per heavy atom. The summed E-state index contributed by atoms with van der Waals surface area (Å²) in [5.41, 5.74) is 0.415. The van der Waals surface area contributed by atoms with Crippen LogP contribution in [0.4, 0.5) is 5.69 Å². The van der Waals surface area contributed by atoms with Gasteiger partial charge in [0.15, 0.2) is 0 Å². The maximum Gasteiger partial charge on any atom is 1.00 e. The van der Waals surface area contributed by atoms with Gasteiger partial charge in [-0.05, 0) is 24.3 Å². The maximum atomic E-state index is 12.1. The Hall–Kier alpha value is -1.10. The molecule has 1 N–H and O–H groups in total. The van der Waals surface area contributed by atoms with Gasteiger partial charge in [0.05, 0.1) is 31.6 Å². The van der Waals surface area contributed by atoms with E-state index in [2.05, 4.69) is 10.3 Å². The Labute approximate surface area is 191 Å². The van der Waals surface area contributed by atoms with Crippen molar-refractivity contribution in [3.63, 3.8) is 0 Å². The molecule has 0 atom stereocenters. The quantitative estimate of drug-likeness (QED) is 0.442. The van der Waals surface area contributed by atoms with Crippen LogP contribution in [0.1, 0.15) is 10.4 Å². The molecule has 1 aromatic carbocycles. The summed E-state index contributed by atoms with van der Waals surface area (Å²) in [6.45, 7) is 0. The fourth-order valence-electron chi connectivity index (χ4n) is 1.89. The van der Waals surface area contributed by atoms with Gasteiger partial charge >= 0.3 is 51.4 Å². The summed E-state index contributed by atoms with van der Waals surface area (Å²) < 4.78 is 10.3. The van der Waals surface area contributed by atoms with E-state index in [0.29, 0.717) is 17.2 Å². The Bertz CT molecular complexity index is 757. The molecule has 126 valence electrons. The number of amides is 1. The van der Waals surface area contributed by atoms with E-state index in [4.69, 9.17) is 9.47 Å². The molecule has 1 aromatic heterocycles. The Morgan fingerprint density at radius 1 is 1.24 bits per heavy atom. The number of nitrogens with one attached hydrogen (secondary N) is 1. The first kappa shape index (κ1) is 21.9. The van der Waals surface area contributed by atoms with Crippen molar-refractivity contribution in [2.45, 2.75) is 5.03 Å². The number of aromatic nitrogens is 1. The van der Waals surface area contributed by atoms with E-state index in [-0.39, 0.29) is 73.6 Å². The molecule has 1 heterocycles. The molecule has 0 fully saturated rings. The topological polar surface area (TPSA) is 101 Å². The standard InChI is InChI=1S/C16H16N2O5S.K/c1-22-10-5-6-13(23-2)12(8-10)18-14(19)9-24-15-11(16(20)21)4-3-7-17-15;/h3-8H,9H2,1-2H3,(H,18,19)(H,20,21);/q;+1/p-1. The minimum Gasteiger partial charge on any atom is -0.545 e. The molecule has 25 heavy (non-hydrogen) atoms. The minimum atomic E-state index is -1.33.